The van der Waals surface area contributed by atoms with Gasteiger partial charge in [0.25, 0.3) is 5.92 Å². The van der Waals surface area contributed by atoms with Gasteiger partial charge in [-0.25, -0.2) is 22.2 Å². The highest BCUT2D eigenvalue weighted by atomic mass is 32.2. The van der Waals surface area contributed by atoms with Gasteiger partial charge in [0.05, 0.1) is 16.5 Å². The van der Waals surface area contributed by atoms with Gasteiger partial charge in [0, 0.05) is 17.5 Å². The highest BCUT2D eigenvalue weighted by molar-refractivity contribution is 7.92. The minimum Gasteiger partial charge on any atom is -0.457 e. The molecule has 1 aliphatic carbocycles. The van der Waals surface area contributed by atoms with Crippen LogP contribution in [0, 0.1) is 23.0 Å². The van der Waals surface area contributed by atoms with Crippen molar-refractivity contribution in [2.45, 2.75) is 30.3 Å². The van der Waals surface area contributed by atoms with Crippen molar-refractivity contribution >= 4 is 9.73 Å². The van der Waals surface area contributed by atoms with Gasteiger partial charge in [-0.3, -0.25) is 0 Å². The number of nitrogens with zero attached hydrogens (tertiary/aromatic N) is 1. The lowest BCUT2D eigenvalue weighted by atomic mass is 10.1. The minimum absolute atomic E-state index is 0.0338. The molecule has 2 N–H and O–H groups in total. The van der Waals surface area contributed by atoms with E-state index in [0.717, 1.165) is 6.07 Å². The number of aryl methyl sites for hydroxylation is 1. The third kappa shape index (κ3) is 3.38. The van der Waals surface area contributed by atoms with E-state index >= 15 is 0 Å². The van der Waals surface area contributed by atoms with Crippen molar-refractivity contribution in [1.82, 2.24) is 0 Å². The first-order chi connectivity index (χ1) is 12.6. The van der Waals surface area contributed by atoms with Crippen LogP contribution in [-0.4, -0.2) is 21.2 Å². The Morgan fingerprint density at radius 2 is 2.11 bits per heavy atom. The normalized spacial score (nSPS) is 19.8. The number of nitriles is 1. The van der Waals surface area contributed by atoms with Gasteiger partial charge >= 0.3 is 0 Å². The van der Waals surface area contributed by atoms with E-state index in [0.29, 0.717) is 11.1 Å². The van der Waals surface area contributed by atoms with Gasteiger partial charge in [0.1, 0.15) is 27.3 Å². The second kappa shape index (κ2) is 6.55. The number of aliphatic hydroxyl groups is 1. The van der Waals surface area contributed by atoms with Crippen LogP contribution in [0.4, 0.5) is 13.2 Å². The molecular weight excluding hydrogens is 381 g/mol. The van der Waals surface area contributed by atoms with Crippen LogP contribution in [0.1, 0.15) is 28.4 Å². The molecule has 142 valence electrons. The summed E-state index contributed by atoms with van der Waals surface area (Å²) in [6.45, 7) is 1.73. The molecule has 0 heterocycles. The molecule has 0 spiro atoms. The molecule has 0 aliphatic heterocycles. The molecule has 0 fully saturated rings. The van der Waals surface area contributed by atoms with E-state index in [1.807, 2.05) is 6.07 Å². The number of fused-ring (bicyclic) bond motifs is 1. The van der Waals surface area contributed by atoms with Crippen molar-refractivity contribution in [3.63, 3.8) is 0 Å². The van der Waals surface area contributed by atoms with Crippen LogP contribution in [0.15, 0.2) is 35.2 Å². The summed E-state index contributed by atoms with van der Waals surface area (Å²) in [7, 11) is -3.97. The van der Waals surface area contributed by atoms with E-state index in [4.69, 9.17) is 14.8 Å². The molecule has 0 saturated heterocycles. The summed E-state index contributed by atoms with van der Waals surface area (Å²) in [5.41, 5.74) is 0.478. The maximum absolute atomic E-state index is 14.1. The van der Waals surface area contributed by atoms with E-state index in [1.54, 1.807) is 19.1 Å². The Morgan fingerprint density at radius 3 is 2.74 bits per heavy atom. The molecule has 0 saturated carbocycles. The Kier molecular flexibility index (Phi) is 4.66. The van der Waals surface area contributed by atoms with E-state index in [1.165, 1.54) is 12.1 Å². The summed E-state index contributed by atoms with van der Waals surface area (Å²) < 4.78 is 66.6. The third-order valence-corrected chi connectivity index (χ3v) is 5.65. The lowest BCUT2D eigenvalue weighted by Crippen LogP contribution is -2.22. The molecule has 3 rings (SSSR count). The Balaban J connectivity index is 2.15. The van der Waals surface area contributed by atoms with Crippen molar-refractivity contribution in [3.8, 4) is 17.6 Å². The molecule has 2 aromatic rings. The van der Waals surface area contributed by atoms with Crippen molar-refractivity contribution < 1.29 is 27.2 Å². The quantitative estimate of drug-likeness (QED) is 0.809. The zero-order valence-corrected chi connectivity index (χ0v) is 14.9. The molecule has 1 aliphatic rings. The number of alkyl halides is 3. The standard InChI is InChI=1S/C18H15F3N2O3S/c1-10-4-11(8-22)6-12(5-10)26-14-2-3-15(27(23,25)9-19)16-13(14)7-18(20,21)17(16)24/h2-6,17,23-24H,7,9H2,1H3/t17-,27?/m0/s1. The summed E-state index contributed by atoms with van der Waals surface area (Å²) in [5.74, 6) is -3.37. The number of halogens is 3. The van der Waals surface area contributed by atoms with E-state index in [9.17, 15) is 22.5 Å². The number of nitrogens with one attached hydrogen (secondary N) is 1. The van der Waals surface area contributed by atoms with Gasteiger partial charge < -0.3 is 9.84 Å². The molecule has 0 amide bonds. The van der Waals surface area contributed by atoms with Crippen LogP contribution in [0.3, 0.4) is 0 Å². The van der Waals surface area contributed by atoms with E-state index < -0.39 is 44.6 Å². The highest BCUT2D eigenvalue weighted by Gasteiger charge is 2.50. The SMILES string of the molecule is Cc1cc(C#N)cc(Oc2ccc(S(=N)(=O)CF)c3c2CC(F)(F)[C@H]3O)c1. The molecular formula is C18H15F3N2O3S. The molecule has 1 unspecified atom stereocenters. The van der Waals surface area contributed by atoms with Gasteiger partial charge in [0.15, 0.2) is 6.01 Å². The van der Waals surface area contributed by atoms with Crippen LogP contribution in [0.5, 0.6) is 11.5 Å². The molecule has 2 aromatic carbocycles. The van der Waals surface area contributed by atoms with Crippen LogP contribution in [0.2, 0.25) is 0 Å². The van der Waals surface area contributed by atoms with Gasteiger partial charge in [-0.15, -0.1) is 0 Å². The van der Waals surface area contributed by atoms with Crippen LogP contribution < -0.4 is 4.74 Å². The molecule has 0 aromatic heterocycles. The summed E-state index contributed by atoms with van der Waals surface area (Å²) in [5, 5.41) is 19.0. The van der Waals surface area contributed by atoms with Gasteiger partial charge in [0.2, 0.25) is 0 Å². The van der Waals surface area contributed by atoms with Gasteiger partial charge in [-0.05, 0) is 42.8 Å². The molecule has 27 heavy (non-hydrogen) atoms. The Bertz CT molecular complexity index is 1060. The minimum atomic E-state index is -3.97. The second-order valence-electron chi connectivity index (χ2n) is 6.33. The number of rotatable bonds is 4. The molecule has 2 atom stereocenters. The maximum Gasteiger partial charge on any atom is 0.281 e. The molecule has 0 bridgehead atoms. The number of ether oxygens (including phenoxy) is 1. The van der Waals surface area contributed by atoms with Crippen LogP contribution >= 0.6 is 0 Å². The number of benzene rings is 2. The van der Waals surface area contributed by atoms with Crippen LogP contribution in [-0.2, 0) is 16.1 Å². The Labute approximate surface area is 154 Å². The average molecular weight is 396 g/mol. The second-order valence-corrected chi connectivity index (χ2v) is 8.34. The zero-order valence-electron chi connectivity index (χ0n) is 14.1. The fourth-order valence-corrected chi connectivity index (χ4v) is 4.08. The lowest BCUT2D eigenvalue weighted by molar-refractivity contribution is -0.0976. The molecule has 9 heteroatoms. The Morgan fingerprint density at radius 1 is 1.41 bits per heavy atom. The van der Waals surface area contributed by atoms with Crippen molar-refractivity contribution in [2.75, 3.05) is 6.01 Å². The largest absolute Gasteiger partial charge is 0.457 e. The number of hydrogen-bond acceptors (Lipinski definition) is 5. The maximum atomic E-state index is 14.1. The van der Waals surface area contributed by atoms with E-state index in [2.05, 4.69) is 0 Å². The van der Waals surface area contributed by atoms with Crippen LogP contribution in [0.25, 0.3) is 0 Å². The lowest BCUT2D eigenvalue weighted by Gasteiger charge is -2.17. The predicted molar refractivity (Wildman–Crippen MR) is 91.1 cm³/mol. The fraction of sp³-hybridized carbons (Fsp3) is 0.278. The Hall–Kier alpha value is -2.57. The molecule has 0 radical (unpaired) electrons. The van der Waals surface area contributed by atoms with Crippen molar-refractivity contribution in [2.24, 2.45) is 0 Å². The monoisotopic (exact) mass is 396 g/mol. The first kappa shape index (κ1) is 19.2. The fourth-order valence-electron chi connectivity index (χ4n) is 3.09. The van der Waals surface area contributed by atoms with Gasteiger partial charge in [-0.1, -0.05) is 0 Å². The smallest absolute Gasteiger partial charge is 0.281 e. The summed E-state index contributed by atoms with van der Waals surface area (Å²) in [6, 6.07) is 7.33. The molecule has 5 nitrogen and oxygen atoms in total. The first-order valence-corrected chi connectivity index (χ1v) is 9.55. The predicted octanol–water partition coefficient (Wildman–Crippen LogP) is 4.22. The number of aliphatic hydroxyl groups excluding tert-OH is 1. The topological polar surface area (TPSA) is 94.2 Å². The van der Waals surface area contributed by atoms with Crippen molar-refractivity contribution in [3.05, 3.63) is 52.6 Å². The first-order valence-electron chi connectivity index (χ1n) is 7.83. The number of hydrogen-bond donors (Lipinski definition) is 2. The van der Waals surface area contributed by atoms with Gasteiger partial charge in [-0.2, -0.15) is 5.26 Å². The summed E-state index contributed by atoms with van der Waals surface area (Å²) in [6.07, 6.45) is -3.21. The van der Waals surface area contributed by atoms with E-state index in [-0.39, 0.29) is 17.1 Å². The van der Waals surface area contributed by atoms with Crippen molar-refractivity contribution in [1.29, 1.82) is 10.0 Å². The summed E-state index contributed by atoms with van der Waals surface area (Å²) in [4.78, 5) is -0.459. The zero-order chi connectivity index (χ0) is 20.0. The highest BCUT2D eigenvalue weighted by Crippen LogP contribution is 2.49. The summed E-state index contributed by atoms with van der Waals surface area (Å²) >= 11 is 0. The third-order valence-electron chi connectivity index (χ3n) is 4.28. The average Bonchev–Trinajstić information content (AvgIpc) is 2.85.